The van der Waals surface area contributed by atoms with Gasteiger partial charge in [-0.1, -0.05) is 30.3 Å². The van der Waals surface area contributed by atoms with E-state index in [1.807, 2.05) is 36.4 Å². The highest BCUT2D eigenvalue weighted by molar-refractivity contribution is 7.99. The number of nitrogens with zero attached hydrogens (tertiary/aromatic N) is 2. The Balaban J connectivity index is 1.39. The first-order valence-corrected chi connectivity index (χ1v) is 8.70. The second kappa shape index (κ2) is 7.28. The summed E-state index contributed by atoms with van der Waals surface area (Å²) in [6.07, 6.45) is 1.46. The quantitative estimate of drug-likeness (QED) is 0.414. The Morgan fingerprint density at radius 2 is 1.88 bits per heavy atom. The van der Waals surface area contributed by atoms with Crippen molar-refractivity contribution in [3.8, 4) is 0 Å². The number of hydrazone groups is 1. The molecule has 0 aliphatic carbocycles. The topological polar surface area (TPSA) is 83.3 Å². The van der Waals surface area contributed by atoms with E-state index in [1.54, 1.807) is 30.3 Å². The number of carbonyl (C=O) groups is 1. The summed E-state index contributed by atoms with van der Waals surface area (Å²) in [5.74, 6) is 0.266. The van der Waals surface area contributed by atoms with Crippen LogP contribution < -0.4 is 5.43 Å². The number of aromatic nitrogens is 2. The molecule has 0 fully saturated rings. The normalized spacial score (nSPS) is 11.2. The summed E-state index contributed by atoms with van der Waals surface area (Å²) in [5.41, 5.74) is 4.90. The van der Waals surface area contributed by atoms with Gasteiger partial charge in [0.1, 0.15) is 5.76 Å². The number of rotatable bonds is 5. The van der Waals surface area contributed by atoms with Crippen LogP contribution in [0.4, 0.5) is 0 Å². The van der Waals surface area contributed by atoms with Gasteiger partial charge in [0.25, 0.3) is 5.91 Å². The number of furan rings is 1. The maximum atomic E-state index is 11.9. The fraction of sp³-hybridized carbons (Fsp3) is 0. The van der Waals surface area contributed by atoms with Gasteiger partial charge in [0.2, 0.25) is 0 Å². The van der Waals surface area contributed by atoms with E-state index in [0.717, 1.165) is 16.2 Å². The van der Waals surface area contributed by atoms with Gasteiger partial charge >= 0.3 is 0 Å². The van der Waals surface area contributed by atoms with E-state index in [2.05, 4.69) is 20.5 Å². The first kappa shape index (κ1) is 16.2. The Hall–Kier alpha value is -3.32. The van der Waals surface area contributed by atoms with Gasteiger partial charge in [-0.05, 0) is 48.2 Å². The number of carbonyl (C=O) groups excluding carboxylic acids is 1. The lowest BCUT2D eigenvalue weighted by molar-refractivity contribution is 0.0955. The third kappa shape index (κ3) is 3.68. The Bertz CT molecular complexity index is 1040. The predicted octanol–water partition coefficient (Wildman–Crippen LogP) is 4.07. The second-order valence-corrected chi connectivity index (χ2v) is 6.38. The Kier molecular flexibility index (Phi) is 4.53. The van der Waals surface area contributed by atoms with Gasteiger partial charge in [-0.3, -0.25) is 4.79 Å². The summed E-state index contributed by atoms with van der Waals surface area (Å²) in [7, 11) is 0. The molecule has 2 N–H and O–H groups in total. The molecule has 1 amide bonds. The predicted molar refractivity (Wildman–Crippen MR) is 100 cm³/mol. The van der Waals surface area contributed by atoms with Crippen LogP contribution in [0.25, 0.3) is 11.0 Å². The number of H-pyrrole nitrogens is 1. The van der Waals surface area contributed by atoms with Crippen LogP contribution in [0.1, 0.15) is 16.1 Å². The summed E-state index contributed by atoms with van der Waals surface area (Å²) in [6.45, 7) is 0. The molecule has 128 valence electrons. The lowest BCUT2D eigenvalue weighted by atomic mass is 10.2. The number of para-hydroxylation sites is 2. The van der Waals surface area contributed by atoms with E-state index in [0.29, 0.717) is 16.4 Å². The van der Waals surface area contributed by atoms with Crippen LogP contribution in [0, 0.1) is 0 Å². The molecule has 0 bridgehead atoms. The second-order valence-electron chi connectivity index (χ2n) is 5.38. The van der Waals surface area contributed by atoms with E-state index in [1.165, 1.54) is 18.0 Å². The lowest BCUT2D eigenvalue weighted by Crippen LogP contribution is -2.17. The molecule has 0 radical (unpaired) electrons. The minimum atomic E-state index is -0.273. The molecule has 0 saturated heterocycles. The SMILES string of the molecule is O=C(NN=Cc1ccc(Sc2nc3ccccc3[nH]2)o1)c1ccccc1. The van der Waals surface area contributed by atoms with Crippen LogP contribution in [0.2, 0.25) is 0 Å². The van der Waals surface area contributed by atoms with Crippen molar-refractivity contribution in [3.05, 3.63) is 78.1 Å². The van der Waals surface area contributed by atoms with E-state index in [-0.39, 0.29) is 5.91 Å². The third-order valence-electron chi connectivity index (χ3n) is 3.56. The van der Waals surface area contributed by atoms with Crippen LogP contribution in [0.15, 0.2) is 86.5 Å². The number of hydrogen-bond donors (Lipinski definition) is 2. The van der Waals surface area contributed by atoms with Crippen molar-refractivity contribution >= 4 is 34.9 Å². The van der Waals surface area contributed by atoms with Crippen molar-refractivity contribution in [2.45, 2.75) is 10.2 Å². The standard InChI is InChI=1S/C19H14N4O2S/c24-18(13-6-2-1-3-7-13)23-20-12-14-10-11-17(25-14)26-19-21-15-8-4-5-9-16(15)22-19/h1-12H,(H,21,22)(H,23,24). The number of hydrogen-bond acceptors (Lipinski definition) is 5. The number of benzene rings is 2. The van der Waals surface area contributed by atoms with Crippen molar-refractivity contribution in [2.24, 2.45) is 5.10 Å². The zero-order chi connectivity index (χ0) is 17.8. The highest BCUT2D eigenvalue weighted by atomic mass is 32.2. The van der Waals surface area contributed by atoms with Crippen molar-refractivity contribution in [1.82, 2.24) is 15.4 Å². The molecule has 4 aromatic rings. The number of aromatic amines is 1. The molecule has 2 heterocycles. The van der Waals surface area contributed by atoms with Gasteiger partial charge in [0.05, 0.1) is 17.2 Å². The van der Waals surface area contributed by atoms with Gasteiger partial charge in [0.15, 0.2) is 10.2 Å². The smallest absolute Gasteiger partial charge is 0.271 e. The average Bonchev–Trinajstić information content (AvgIpc) is 3.28. The highest BCUT2D eigenvalue weighted by Crippen LogP contribution is 2.28. The summed E-state index contributed by atoms with van der Waals surface area (Å²) in [6, 6.07) is 20.3. The van der Waals surface area contributed by atoms with Crippen LogP contribution in [0.5, 0.6) is 0 Å². The fourth-order valence-corrected chi connectivity index (χ4v) is 3.11. The average molecular weight is 362 g/mol. The van der Waals surface area contributed by atoms with Gasteiger partial charge in [-0.15, -0.1) is 0 Å². The summed E-state index contributed by atoms with van der Waals surface area (Å²) < 4.78 is 5.67. The van der Waals surface area contributed by atoms with Crippen LogP contribution in [-0.4, -0.2) is 22.1 Å². The monoisotopic (exact) mass is 362 g/mol. The largest absolute Gasteiger partial charge is 0.448 e. The summed E-state index contributed by atoms with van der Waals surface area (Å²) >= 11 is 1.39. The molecule has 7 heteroatoms. The number of amides is 1. The Morgan fingerprint density at radius 1 is 1.08 bits per heavy atom. The molecule has 2 aromatic heterocycles. The van der Waals surface area contributed by atoms with E-state index >= 15 is 0 Å². The fourth-order valence-electron chi connectivity index (χ4n) is 2.34. The summed E-state index contributed by atoms with van der Waals surface area (Å²) in [5, 5.41) is 5.35. The van der Waals surface area contributed by atoms with Crippen molar-refractivity contribution in [2.75, 3.05) is 0 Å². The van der Waals surface area contributed by atoms with Crippen LogP contribution >= 0.6 is 11.8 Å². The molecule has 26 heavy (non-hydrogen) atoms. The zero-order valence-corrected chi connectivity index (χ0v) is 14.4. The minimum absolute atomic E-state index is 0.273. The molecule has 0 aliphatic rings. The number of imidazole rings is 1. The first-order chi connectivity index (χ1) is 12.8. The molecule has 0 atom stereocenters. The van der Waals surface area contributed by atoms with E-state index < -0.39 is 0 Å². The molecule has 0 aliphatic heterocycles. The van der Waals surface area contributed by atoms with Gasteiger partial charge < -0.3 is 9.40 Å². The van der Waals surface area contributed by atoms with Gasteiger partial charge in [-0.25, -0.2) is 10.4 Å². The number of fused-ring (bicyclic) bond motifs is 1. The number of nitrogens with one attached hydrogen (secondary N) is 2. The van der Waals surface area contributed by atoms with Crippen LogP contribution in [0.3, 0.4) is 0 Å². The minimum Gasteiger partial charge on any atom is -0.448 e. The van der Waals surface area contributed by atoms with Crippen LogP contribution in [-0.2, 0) is 0 Å². The third-order valence-corrected chi connectivity index (χ3v) is 4.37. The van der Waals surface area contributed by atoms with Crippen molar-refractivity contribution < 1.29 is 9.21 Å². The van der Waals surface area contributed by atoms with Gasteiger partial charge in [-0.2, -0.15) is 5.10 Å². The summed E-state index contributed by atoms with van der Waals surface area (Å²) in [4.78, 5) is 19.6. The Labute approximate surface area is 153 Å². The molecule has 6 nitrogen and oxygen atoms in total. The highest BCUT2D eigenvalue weighted by Gasteiger charge is 2.08. The molecular formula is C19H14N4O2S. The molecule has 2 aromatic carbocycles. The molecule has 0 saturated carbocycles. The molecule has 0 spiro atoms. The maximum Gasteiger partial charge on any atom is 0.271 e. The first-order valence-electron chi connectivity index (χ1n) is 7.89. The van der Waals surface area contributed by atoms with Crippen molar-refractivity contribution in [1.29, 1.82) is 0 Å². The van der Waals surface area contributed by atoms with E-state index in [4.69, 9.17) is 4.42 Å². The zero-order valence-electron chi connectivity index (χ0n) is 13.5. The maximum absolute atomic E-state index is 11.9. The van der Waals surface area contributed by atoms with E-state index in [9.17, 15) is 4.79 Å². The molecule has 0 unspecified atom stereocenters. The molecular weight excluding hydrogens is 348 g/mol. The van der Waals surface area contributed by atoms with Gasteiger partial charge in [0, 0.05) is 5.56 Å². The molecule has 4 rings (SSSR count). The lowest BCUT2D eigenvalue weighted by Gasteiger charge is -1.97. The Morgan fingerprint density at radius 3 is 2.73 bits per heavy atom. The van der Waals surface area contributed by atoms with Crippen molar-refractivity contribution in [3.63, 3.8) is 0 Å².